The van der Waals surface area contributed by atoms with E-state index in [1.54, 1.807) is 6.07 Å². The third-order valence-electron chi connectivity index (χ3n) is 3.45. The minimum atomic E-state index is -0.181. The molecule has 2 N–H and O–H groups in total. The molecule has 2 rings (SSSR count). The summed E-state index contributed by atoms with van der Waals surface area (Å²) in [5, 5.41) is 0. The molecule has 0 aliphatic heterocycles. The molecule has 0 heterocycles. The zero-order chi connectivity index (χ0) is 10.8. The average molecular weight is 207 g/mol. The highest BCUT2D eigenvalue weighted by Gasteiger charge is 2.21. The van der Waals surface area contributed by atoms with E-state index in [-0.39, 0.29) is 11.9 Å². The molecular formula is C13H18FN. The molecule has 1 aromatic rings. The van der Waals surface area contributed by atoms with Crippen LogP contribution in [0.4, 0.5) is 4.39 Å². The van der Waals surface area contributed by atoms with E-state index in [9.17, 15) is 4.39 Å². The van der Waals surface area contributed by atoms with Crippen LogP contribution in [0.5, 0.6) is 0 Å². The van der Waals surface area contributed by atoms with Crippen LogP contribution in [0, 0.1) is 18.7 Å². The van der Waals surface area contributed by atoms with E-state index in [4.69, 9.17) is 5.73 Å². The van der Waals surface area contributed by atoms with Crippen LogP contribution in [-0.4, -0.2) is 0 Å². The van der Waals surface area contributed by atoms with Crippen molar-refractivity contribution in [3.63, 3.8) is 0 Å². The molecule has 1 saturated carbocycles. The predicted molar refractivity (Wildman–Crippen MR) is 60.0 cm³/mol. The Morgan fingerprint density at radius 3 is 2.80 bits per heavy atom. The predicted octanol–water partition coefficient (Wildman–Crippen LogP) is 3.32. The quantitative estimate of drug-likeness (QED) is 0.808. The Morgan fingerprint density at radius 1 is 1.47 bits per heavy atom. The summed E-state index contributed by atoms with van der Waals surface area (Å²) in [6.45, 7) is 2.00. The van der Waals surface area contributed by atoms with Crippen molar-refractivity contribution in [2.75, 3.05) is 0 Å². The lowest BCUT2D eigenvalue weighted by Crippen LogP contribution is -2.20. The summed E-state index contributed by atoms with van der Waals surface area (Å²) in [5.41, 5.74) is 8.18. The molecule has 82 valence electrons. The van der Waals surface area contributed by atoms with E-state index in [1.807, 2.05) is 13.0 Å². The van der Waals surface area contributed by atoms with E-state index in [1.165, 1.54) is 25.3 Å². The van der Waals surface area contributed by atoms with Crippen molar-refractivity contribution in [1.29, 1.82) is 0 Å². The molecule has 0 bridgehead atoms. The van der Waals surface area contributed by atoms with Gasteiger partial charge in [-0.25, -0.2) is 4.39 Å². The summed E-state index contributed by atoms with van der Waals surface area (Å²) in [5.74, 6) is 0.585. The summed E-state index contributed by atoms with van der Waals surface area (Å²) in [6.07, 6.45) is 4.92. The second-order valence-corrected chi connectivity index (χ2v) is 4.64. The SMILES string of the molecule is Cc1ccc(F)cc1C(N)CC1CCC1. The van der Waals surface area contributed by atoms with Crippen LogP contribution in [0.1, 0.15) is 42.9 Å². The lowest BCUT2D eigenvalue weighted by molar-refractivity contribution is 0.277. The second kappa shape index (κ2) is 4.31. The van der Waals surface area contributed by atoms with Gasteiger partial charge in [0.05, 0.1) is 0 Å². The van der Waals surface area contributed by atoms with Crippen LogP contribution >= 0.6 is 0 Å². The topological polar surface area (TPSA) is 26.0 Å². The summed E-state index contributed by atoms with van der Waals surface area (Å²) in [6, 6.07) is 4.89. The first-order valence-corrected chi connectivity index (χ1v) is 5.68. The fourth-order valence-electron chi connectivity index (χ4n) is 2.23. The molecule has 1 atom stereocenters. The van der Waals surface area contributed by atoms with Crippen molar-refractivity contribution in [1.82, 2.24) is 0 Å². The maximum Gasteiger partial charge on any atom is 0.123 e. The van der Waals surface area contributed by atoms with Crippen molar-refractivity contribution >= 4 is 0 Å². The molecule has 1 nitrogen and oxygen atoms in total. The van der Waals surface area contributed by atoms with Gasteiger partial charge >= 0.3 is 0 Å². The molecule has 1 aliphatic carbocycles. The fraction of sp³-hybridized carbons (Fsp3) is 0.538. The molecule has 0 radical (unpaired) electrons. The third-order valence-corrected chi connectivity index (χ3v) is 3.45. The van der Waals surface area contributed by atoms with Crippen LogP contribution in [0.15, 0.2) is 18.2 Å². The summed E-state index contributed by atoms with van der Waals surface area (Å²) in [4.78, 5) is 0. The van der Waals surface area contributed by atoms with Gasteiger partial charge in [-0.15, -0.1) is 0 Å². The van der Waals surface area contributed by atoms with Gasteiger partial charge in [0.15, 0.2) is 0 Å². The van der Waals surface area contributed by atoms with Gasteiger partial charge < -0.3 is 5.73 Å². The minimum absolute atomic E-state index is 0.00556. The Kier molecular flexibility index (Phi) is 3.06. The first kappa shape index (κ1) is 10.6. The maximum absolute atomic E-state index is 13.1. The van der Waals surface area contributed by atoms with Crippen LogP contribution in [0.2, 0.25) is 0 Å². The first-order chi connectivity index (χ1) is 7.16. The molecule has 1 unspecified atom stereocenters. The fourth-order valence-corrected chi connectivity index (χ4v) is 2.23. The first-order valence-electron chi connectivity index (χ1n) is 5.68. The lowest BCUT2D eigenvalue weighted by Gasteiger charge is -2.28. The zero-order valence-corrected chi connectivity index (χ0v) is 9.17. The highest BCUT2D eigenvalue weighted by atomic mass is 19.1. The van der Waals surface area contributed by atoms with Crippen LogP contribution in [-0.2, 0) is 0 Å². The van der Waals surface area contributed by atoms with Crippen molar-refractivity contribution in [3.05, 3.63) is 35.1 Å². The zero-order valence-electron chi connectivity index (χ0n) is 9.17. The smallest absolute Gasteiger partial charge is 0.123 e. The number of rotatable bonds is 3. The van der Waals surface area contributed by atoms with Crippen LogP contribution < -0.4 is 5.73 Å². The van der Waals surface area contributed by atoms with Gasteiger partial charge in [0.25, 0.3) is 0 Å². The average Bonchev–Trinajstić information content (AvgIpc) is 2.15. The van der Waals surface area contributed by atoms with E-state index >= 15 is 0 Å². The maximum atomic E-state index is 13.1. The summed E-state index contributed by atoms with van der Waals surface area (Å²) >= 11 is 0. The monoisotopic (exact) mass is 207 g/mol. The van der Waals surface area contributed by atoms with E-state index in [0.29, 0.717) is 0 Å². The van der Waals surface area contributed by atoms with Crippen molar-refractivity contribution in [2.45, 2.75) is 38.6 Å². The molecule has 1 aromatic carbocycles. The standard InChI is InChI=1S/C13H18FN/c1-9-5-6-11(14)8-12(9)13(15)7-10-3-2-4-10/h5-6,8,10,13H,2-4,7,15H2,1H3. The van der Waals surface area contributed by atoms with Crippen molar-refractivity contribution in [2.24, 2.45) is 11.7 Å². The minimum Gasteiger partial charge on any atom is -0.324 e. The van der Waals surface area contributed by atoms with Crippen molar-refractivity contribution in [3.8, 4) is 0 Å². The van der Waals surface area contributed by atoms with Gasteiger partial charge in [0, 0.05) is 6.04 Å². The third kappa shape index (κ3) is 2.37. The van der Waals surface area contributed by atoms with Gasteiger partial charge in [0.2, 0.25) is 0 Å². The van der Waals surface area contributed by atoms with Gasteiger partial charge in [-0.3, -0.25) is 0 Å². The van der Waals surface area contributed by atoms with Crippen LogP contribution in [0.3, 0.4) is 0 Å². The molecule has 0 aromatic heterocycles. The summed E-state index contributed by atoms with van der Waals surface area (Å²) in [7, 11) is 0. The summed E-state index contributed by atoms with van der Waals surface area (Å²) < 4.78 is 13.1. The van der Waals surface area contributed by atoms with E-state index in [2.05, 4.69) is 0 Å². The Morgan fingerprint density at radius 2 is 2.20 bits per heavy atom. The number of halogens is 1. The molecule has 15 heavy (non-hydrogen) atoms. The van der Waals surface area contributed by atoms with Gasteiger partial charge in [0.1, 0.15) is 5.82 Å². The Hall–Kier alpha value is -0.890. The largest absolute Gasteiger partial charge is 0.324 e. The van der Waals surface area contributed by atoms with Crippen LogP contribution in [0.25, 0.3) is 0 Å². The number of benzene rings is 1. The van der Waals surface area contributed by atoms with E-state index < -0.39 is 0 Å². The highest BCUT2D eigenvalue weighted by molar-refractivity contribution is 5.29. The second-order valence-electron chi connectivity index (χ2n) is 4.64. The Bertz CT molecular complexity index is 344. The Labute approximate surface area is 90.5 Å². The van der Waals surface area contributed by atoms with Gasteiger partial charge in [-0.05, 0) is 42.5 Å². The molecular weight excluding hydrogens is 189 g/mol. The van der Waals surface area contributed by atoms with Gasteiger partial charge in [-0.2, -0.15) is 0 Å². The van der Waals surface area contributed by atoms with Gasteiger partial charge in [-0.1, -0.05) is 25.3 Å². The van der Waals surface area contributed by atoms with Crippen molar-refractivity contribution < 1.29 is 4.39 Å². The van der Waals surface area contributed by atoms with E-state index in [0.717, 1.165) is 23.5 Å². The highest BCUT2D eigenvalue weighted by Crippen LogP contribution is 2.34. The molecule has 1 fully saturated rings. The normalized spacial score (nSPS) is 18.6. The number of hydrogen-bond acceptors (Lipinski definition) is 1. The lowest BCUT2D eigenvalue weighted by atomic mass is 9.79. The number of hydrogen-bond donors (Lipinski definition) is 1. The Balaban J connectivity index is 2.09. The number of nitrogens with two attached hydrogens (primary N) is 1. The molecule has 0 amide bonds. The molecule has 1 aliphatic rings. The molecule has 2 heteroatoms. The molecule has 0 spiro atoms. The molecule has 0 saturated heterocycles. The number of aryl methyl sites for hydroxylation is 1.